The van der Waals surface area contributed by atoms with E-state index in [0.717, 1.165) is 16.8 Å². The summed E-state index contributed by atoms with van der Waals surface area (Å²) in [4.78, 5) is 16.9. The summed E-state index contributed by atoms with van der Waals surface area (Å²) in [5, 5.41) is 5.21. The number of halogens is 1. The van der Waals surface area contributed by atoms with E-state index >= 15 is 0 Å². The minimum absolute atomic E-state index is 0.280. The average molecular weight is 355 g/mol. The Morgan fingerprint density at radius 1 is 1.36 bits per heavy atom. The van der Waals surface area contributed by atoms with Crippen LogP contribution in [0.5, 0.6) is 0 Å². The summed E-state index contributed by atoms with van der Waals surface area (Å²) in [5.41, 5.74) is 3.44. The molecule has 126 valence electrons. The van der Waals surface area contributed by atoms with Gasteiger partial charge in [0.2, 0.25) is 0 Å². The van der Waals surface area contributed by atoms with Crippen molar-refractivity contribution in [3.05, 3.63) is 70.8 Å². The summed E-state index contributed by atoms with van der Waals surface area (Å²) < 4.78 is 20.7. The fourth-order valence-electron chi connectivity index (χ4n) is 2.73. The molecular formula is C18H14FN3O2S. The number of benzene rings is 1. The quantitative estimate of drug-likeness (QED) is 0.589. The number of amides is 1. The first-order chi connectivity index (χ1) is 12.1. The number of hydrogen-bond acceptors (Lipinski definition) is 4. The Bertz CT molecular complexity index is 1060. The van der Waals surface area contributed by atoms with Crippen LogP contribution in [0.4, 0.5) is 9.52 Å². The van der Waals surface area contributed by atoms with Gasteiger partial charge < -0.3 is 8.98 Å². The highest BCUT2D eigenvalue weighted by atomic mass is 32.1. The van der Waals surface area contributed by atoms with Gasteiger partial charge in [0.15, 0.2) is 10.7 Å². The maximum absolute atomic E-state index is 13.5. The zero-order chi connectivity index (χ0) is 17.4. The second-order valence-corrected chi connectivity index (χ2v) is 6.52. The summed E-state index contributed by atoms with van der Waals surface area (Å²) in [6.07, 6.45) is 1.57. The van der Waals surface area contributed by atoms with Crippen LogP contribution in [0, 0.1) is 12.7 Å². The van der Waals surface area contributed by atoms with Crippen LogP contribution in [-0.2, 0) is 6.54 Å². The molecule has 0 saturated heterocycles. The molecule has 0 radical (unpaired) electrons. The van der Waals surface area contributed by atoms with Crippen LogP contribution in [0.3, 0.4) is 0 Å². The second kappa shape index (κ2) is 6.18. The van der Waals surface area contributed by atoms with Gasteiger partial charge >= 0.3 is 0 Å². The summed E-state index contributed by atoms with van der Waals surface area (Å²) in [7, 11) is 0. The number of carbonyl (C=O) groups is 1. The third-order valence-electron chi connectivity index (χ3n) is 3.82. The Morgan fingerprint density at radius 2 is 2.24 bits per heavy atom. The highest BCUT2D eigenvalue weighted by Crippen LogP contribution is 2.24. The molecule has 0 bridgehead atoms. The van der Waals surface area contributed by atoms with E-state index in [9.17, 15) is 9.18 Å². The smallest absolute Gasteiger partial charge is 0.274 e. The first-order valence-electron chi connectivity index (χ1n) is 7.65. The van der Waals surface area contributed by atoms with E-state index in [1.54, 1.807) is 24.5 Å². The van der Waals surface area contributed by atoms with E-state index in [-0.39, 0.29) is 11.7 Å². The molecule has 1 N–H and O–H groups in total. The maximum atomic E-state index is 13.5. The lowest BCUT2D eigenvalue weighted by Gasteiger charge is -2.10. The molecule has 0 fully saturated rings. The molecule has 0 aliphatic rings. The number of nitrogens with one attached hydrogen (secondary N) is 1. The van der Waals surface area contributed by atoms with E-state index < -0.39 is 0 Å². The summed E-state index contributed by atoms with van der Waals surface area (Å²) >= 11 is 1.37. The Kier molecular flexibility index (Phi) is 3.85. The number of furan rings is 1. The van der Waals surface area contributed by atoms with Crippen molar-refractivity contribution in [1.29, 1.82) is 0 Å². The topological polar surface area (TPSA) is 60.1 Å². The molecule has 0 unspecified atom stereocenters. The summed E-state index contributed by atoms with van der Waals surface area (Å²) in [6.45, 7) is 2.23. The molecule has 25 heavy (non-hydrogen) atoms. The fourth-order valence-corrected chi connectivity index (χ4v) is 3.41. The average Bonchev–Trinajstić information content (AvgIpc) is 3.25. The molecule has 4 aromatic rings. The van der Waals surface area contributed by atoms with E-state index in [4.69, 9.17) is 4.42 Å². The van der Waals surface area contributed by atoms with E-state index in [1.807, 2.05) is 22.9 Å². The molecule has 1 amide bonds. The van der Waals surface area contributed by atoms with Crippen molar-refractivity contribution in [2.75, 3.05) is 5.32 Å². The van der Waals surface area contributed by atoms with E-state index in [2.05, 4.69) is 10.3 Å². The van der Waals surface area contributed by atoms with Crippen molar-refractivity contribution in [2.24, 2.45) is 0 Å². The van der Waals surface area contributed by atoms with Crippen molar-refractivity contribution in [3.8, 4) is 0 Å². The van der Waals surface area contributed by atoms with Crippen molar-refractivity contribution in [3.63, 3.8) is 0 Å². The zero-order valence-corrected chi connectivity index (χ0v) is 14.1. The summed E-state index contributed by atoms with van der Waals surface area (Å²) in [6, 6.07) is 9.80. The molecule has 0 aliphatic carbocycles. The number of aryl methyl sites for hydroxylation is 1. The van der Waals surface area contributed by atoms with Gasteiger partial charge in [-0.05, 0) is 24.6 Å². The number of thiazole rings is 1. The molecule has 3 aromatic heterocycles. The van der Waals surface area contributed by atoms with Gasteiger partial charge in [0.05, 0.1) is 17.5 Å². The van der Waals surface area contributed by atoms with Gasteiger partial charge in [-0.25, -0.2) is 9.37 Å². The Balaban J connectivity index is 1.70. The maximum Gasteiger partial charge on any atom is 0.274 e. The van der Waals surface area contributed by atoms with Crippen LogP contribution < -0.4 is 5.32 Å². The van der Waals surface area contributed by atoms with Crippen molar-refractivity contribution < 1.29 is 13.6 Å². The van der Waals surface area contributed by atoms with Crippen LogP contribution in [-0.4, -0.2) is 15.5 Å². The number of rotatable bonds is 4. The Labute approximate surface area is 146 Å². The van der Waals surface area contributed by atoms with E-state index in [0.29, 0.717) is 23.0 Å². The molecule has 0 aliphatic heterocycles. The van der Waals surface area contributed by atoms with Crippen molar-refractivity contribution in [1.82, 2.24) is 9.55 Å². The van der Waals surface area contributed by atoms with Crippen LogP contribution in [0.15, 0.2) is 52.5 Å². The predicted octanol–water partition coefficient (Wildman–Crippen LogP) is 4.44. The lowest BCUT2D eigenvalue weighted by atomic mass is 10.2. The third kappa shape index (κ3) is 3.06. The van der Waals surface area contributed by atoms with Gasteiger partial charge in [-0.3, -0.25) is 10.1 Å². The van der Waals surface area contributed by atoms with Gasteiger partial charge in [0, 0.05) is 24.1 Å². The highest BCUT2D eigenvalue weighted by Gasteiger charge is 2.19. The SMILES string of the molecule is Cc1csc(NC(=O)c2cc3occc3n2Cc2cccc(F)c2)n1. The molecule has 3 heterocycles. The number of nitrogens with zero attached hydrogens (tertiary/aromatic N) is 2. The Morgan fingerprint density at radius 3 is 3.00 bits per heavy atom. The lowest BCUT2D eigenvalue weighted by Crippen LogP contribution is -2.17. The van der Waals surface area contributed by atoms with Crippen LogP contribution in [0.2, 0.25) is 0 Å². The standard InChI is InChI=1S/C18H14FN3O2S/c1-11-10-25-18(20-11)21-17(23)15-8-16-14(5-6-24-16)22(15)9-12-3-2-4-13(19)7-12/h2-8,10H,9H2,1H3,(H,20,21,23). The monoisotopic (exact) mass is 355 g/mol. The fraction of sp³-hybridized carbons (Fsp3) is 0.111. The van der Waals surface area contributed by atoms with Crippen molar-refractivity contribution in [2.45, 2.75) is 13.5 Å². The number of fused-ring (bicyclic) bond motifs is 1. The molecule has 0 saturated carbocycles. The first-order valence-corrected chi connectivity index (χ1v) is 8.53. The first kappa shape index (κ1) is 15.6. The molecule has 1 aromatic carbocycles. The van der Waals surface area contributed by atoms with Crippen molar-refractivity contribution >= 4 is 33.5 Å². The third-order valence-corrected chi connectivity index (χ3v) is 4.70. The van der Waals surface area contributed by atoms with Gasteiger partial charge in [0.25, 0.3) is 5.91 Å². The minimum Gasteiger partial charge on any atom is -0.463 e. The molecule has 4 rings (SSSR count). The van der Waals surface area contributed by atoms with E-state index in [1.165, 1.54) is 23.5 Å². The van der Waals surface area contributed by atoms with Gasteiger partial charge in [-0.2, -0.15) is 0 Å². The number of hydrogen-bond donors (Lipinski definition) is 1. The number of aromatic nitrogens is 2. The molecule has 0 atom stereocenters. The zero-order valence-electron chi connectivity index (χ0n) is 13.3. The summed E-state index contributed by atoms with van der Waals surface area (Å²) in [5.74, 6) is -0.588. The van der Waals surface area contributed by atoms with Crippen LogP contribution in [0.1, 0.15) is 21.7 Å². The van der Waals surface area contributed by atoms with Crippen LogP contribution >= 0.6 is 11.3 Å². The second-order valence-electron chi connectivity index (χ2n) is 5.66. The molecule has 5 nitrogen and oxygen atoms in total. The van der Waals surface area contributed by atoms with Gasteiger partial charge in [0.1, 0.15) is 11.5 Å². The number of carbonyl (C=O) groups excluding carboxylic acids is 1. The molecule has 0 spiro atoms. The van der Waals surface area contributed by atoms with Gasteiger partial charge in [-0.15, -0.1) is 11.3 Å². The number of anilines is 1. The lowest BCUT2D eigenvalue weighted by molar-refractivity contribution is 0.101. The predicted molar refractivity (Wildman–Crippen MR) is 94.5 cm³/mol. The normalized spacial score (nSPS) is 11.1. The van der Waals surface area contributed by atoms with Gasteiger partial charge in [-0.1, -0.05) is 12.1 Å². The molecular weight excluding hydrogens is 341 g/mol. The Hall–Kier alpha value is -2.93. The largest absolute Gasteiger partial charge is 0.463 e. The highest BCUT2D eigenvalue weighted by molar-refractivity contribution is 7.13. The minimum atomic E-state index is -0.308. The molecule has 7 heteroatoms. The van der Waals surface area contributed by atoms with Crippen LogP contribution in [0.25, 0.3) is 11.1 Å².